The highest BCUT2D eigenvalue weighted by Gasteiger charge is 2.70. The second kappa shape index (κ2) is 20.3. The van der Waals surface area contributed by atoms with Gasteiger partial charge in [-0.2, -0.15) is 0 Å². The van der Waals surface area contributed by atoms with Gasteiger partial charge in [0.1, 0.15) is 79.4 Å². The SMILES string of the molecule is CC1(C)CC[C@]2(C(=O)O[C@@H]3O[C@H](CO)[C@@H](O)[C@H](O)[C@H]3O)CC[C@]3(C)C(=CC[C@@H]4[C@@]5(C)CC[C@H](O[C@@H]6O[C@H](C(=O)O)[C@@H](O[C@@H]7OC[C@@H](O)[C@H](O)[C@H]7O)[C@H](O)[C@H]6O[C@@H]6OC[C@@H](O)[C@H](O)[C@H]6O)C(C)(C)[C@@H]5CC[C@]43C)[C@@H]2C1. The number of esters is 1. The van der Waals surface area contributed by atoms with Crippen molar-refractivity contribution in [2.45, 2.75) is 229 Å². The fourth-order valence-corrected chi connectivity index (χ4v) is 15.9. The molecule has 422 valence electrons. The zero-order valence-corrected chi connectivity index (χ0v) is 43.4. The number of carboxylic acid groups (broad SMARTS) is 1. The van der Waals surface area contributed by atoms with Gasteiger partial charge in [0.2, 0.25) is 6.29 Å². The summed E-state index contributed by atoms with van der Waals surface area (Å²) in [5.41, 5.74) is -1.25. The van der Waals surface area contributed by atoms with E-state index in [1.54, 1.807) is 0 Å². The molecule has 22 nitrogen and oxygen atoms in total. The fraction of sp³-hybridized carbons (Fsp3) is 0.923. The van der Waals surface area contributed by atoms with Crippen LogP contribution in [-0.4, -0.2) is 210 Å². The minimum Gasteiger partial charge on any atom is -0.479 e. The van der Waals surface area contributed by atoms with Crippen molar-refractivity contribution in [3.63, 3.8) is 0 Å². The summed E-state index contributed by atoms with van der Waals surface area (Å²) < 4.78 is 47.5. The van der Waals surface area contributed by atoms with Gasteiger partial charge in [-0.1, -0.05) is 60.1 Å². The maximum Gasteiger partial charge on any atom is 0.335 e. The number of hydrogen-bond donors (Lipinski definition) is 12. The van der Waals surface area contributed by atoms with Gasteiger partial charge in [-0.3, -0.25) is 4.79 Å². The van der Waals surface area contributed by atoms with Gasteiger partial charge >= 0.3 is 11.9 Å². The van der Waals surface area contributed by atoms with E-state index in [0.29, 0.717) is 32.1 Å². The van der Waals surface area contributed by atoms with E-state index >= 15 is 0 Å². The third-order valence-electron chi connectivity index (χ3n) is 20.6. The maximum absolute atomic E-state index is 14.8. The molecule has 12 N–H and O–H groups in total. The first-order chi connectivity index (χ1) is 34.6. The van der Waals surface area contributed by atoms with Gasteiger partial charge < -0.3 is 99.2 Å². The normalized spacial score (nSPS) is 53.0. The Morgan fingerprint density at radius 2 is 1.22 bits per heavy atom. The number of allylic oxidation sites excluding steroid dienone is 2. The Balaban J connectivity index is 0.975. The van der Waals surface area contributed by atoms with Crippen LogP contribution < -0.4 is 0 Å². The van der Waals surface area contributed by atoms with Crippen molar-refractivity contribution >= 4 is 11.9 Å². The molecule has 9 aliphatic rings. The van der Waals surface area contributed by atoms with Gasteiger partial charge in [0.05, 0.1) is 31.3 Å². The molecule has 4 saturated carbocycles. The first kappa shape index (κ1) is 56.7. The van der Waals surface area contributed by atoms with Crippen LogP contribution in [0.4, 0.5) is 0 Å². The summed E-state index contributed by atoms with van der Waals surface area (Å²) in [5.74, 6) is -2.08. The van der Waals surface area contributed by atoms with E-state index in [9.17, 15) is 70.9 Å². The van der Waals surface area contributed by atoms with E-state index in [1.807, 2.05) is 0 Å². The average molecular weight is 1060 g/mol. The highest BCUT2D eigenvalue weighted by Crippen LogP contribution is 2.76. The molecule has 4 saturated heterocycles. The smallest absolute Gasteiger partial charge is 0.335 e. The van der Waals surface area contributed by atoms with Crippen LogP contribution in [-0.2, 0) is 47.5 Å². The molecule has 9 rings (SSSR count). The third kappa shape index (κ3) is 9.12. The van der Waals surface area contributed by atoms with Gasteiger partial charge in [-0.15, -0.1) is 0 Å². The standard InChI is InChI=1S/C52H82O22/c1-47(2)14-16-52(46(66)74-44-36(62)33(59)32(58)26(19-53)69-44)17-15-50(6)22(23(52)18-47)8-9-28-49(5)12-11-29(48(3,4)27(49)10-13-51(28,50)7)70-45-39(72-43-35(61)31(57)25(55)21-68-43)37(63)38(40(73-45)41(64)65)71-42-34(60)30(56)24(54)20-67-42/h8,23-40,42-45,53-63H,9-21H2,1-7H3,(H,64,65)/t23-,24+,25+,26+,27-,28+,29-,30-,31-,32+,33-,34+,35+,36+,37-,38-,39+,40-,42-,43-,44-,45+,49-,50+,51+,52-/m0/s1. The van der Waals surface area contributed by atoms with Crippen LogP contribution in [0.15, 0.2) is 11.6 Å². The molecule has 0 unspecified atom stereocenters. The largest absolute Gasteiger partial charge is 0.479 e. The molecule has 8 fully saturated rings. The molecule has 0 aromatic rings. The van der Waals surface area contributed by atoms with Crippen LogP contribution in [0.1, 0.15) is 113 Å². The molecule has 0 bridgehead atoms. The van der Waals surface area contributed by atoms with Crippen LogP contribution in [0.2, 0.25) is 0 Å². The Kier molecular flexibility index (Phi) is 15.5. The molecule has 74 heavy (non-hydrogen) atoms. The lowest BCUT2D eigenvalue weighted by atomic mass is 9.33. The van der Waals surface area contributed by atoms with Crippen LogP contribution in [0.5, 0.6) is 0 Å². The van der Waals surface area contributed by atoms with Crippen LogP contribution in [0.3, 0.4) is 0 Å². The molecule has 0 aromatic heterocycles. The third-order valence-corrected chi connectivity index (χ3v) is 20.6. The Labute approximate surface area is 430 Å². The van der Waals surface area contributed by atoms with E-state index in [-0.39, 0.29) is 39.4 Å². The van der Waals surface area contributed by atoms with Gasteiger partial charge in [0.25, 0.3) is 0 Å². The second-order valence-corrected chi connectivity index (χ2v) is 25.4. The van der Waals surface area contributed by atoms with Crippen molar-refractivity contribution in [1.82, 2.24) is 0 Å². The molecule has 4 aliphatic heterocycles. The fourth-order valence-electron chi connectivity index (χ4n) is 15.9. The summed E-state index contributed by atoms with van der Waals surface area (Å²) >= 11 is 0. The maximum atomic E-state index is 14.8. The average Bonchev–Trinajstić information content (AvgIpc) is 3.34. The quantitative estimate of drug-likeness (QED) is 0.0734. The number of rotatable bonds is 10. The molecule has 0 spiro atoms. The highest BCUT2D eigenvalue weighted by atomic mass is 16.8. The number of carbonyl (C=O) groups excluding carboxylic acids is 1. The van der Waals surface area contributed by atoms with Crippen molar-refractivity contribution in [1.29, 1.82) is 0 Å². The van der Waals surface area contributed by atoms with Gasteiger partial charge in [0.15, 0.2) is 25.0 Å². The minimum absolute atomic E-state index is 0.0428. The zero-order chi connectivity index (χ0) is 54.0. The van der Waals surface area contributed by atoms with E-state index in [0.717, 1.165) is 32.1 Å². The molecule has 26 atom stereocenters. The van der Waals surface area contributed by atoms with Crippen molar-refractivity contribution in [2.75, 3.05) is 19.8 Å². The number of fused-ring (bicyclic) bond motifs is 7. The monoisotopic (exact) mass is 1060 g/mol. The predicted molar refractivity (Wildman–Crippen MR) is 251 cm³/mol. The molecule has 0 radical (unpaired) electrons. The summed E-state index contributed by atoms with van der Waals surface area (Å²) in [4.78, 5) is 27.7. The van der Waals surface area contributed by atoms with Crippen molar-refractivity contribution in [3.8, 4) is 0 Å². The minimum atomic E-state index is -1.96. The molecule has 5 aliphatic carbocycles. The number of carboxylic acids is 1. The van der Waals surface area contributed by atoms with Gasteiger partial charge in [0, 0.05) is 0 Å². The summed E-state index contributed by atoms with van der Waals surface area (Å²) in [6.45, 7) is 14.2. The Morgan fingerprint density at radius 1 is 0.622 bits per heavy atom. The highest BCUT2D eigenvalue weighted by molar-refractivity contribution is 5.79. The number of aliphatic hydroxyl groups excluding tert-OH is 11. The summed E-state index contributed by atoms with van der Waals surface area (Å²) in [6.07, 6.45) is -21.9. The van der Waals surface area contributed by atoms with E-state index in [1.165, 1.54) is 5.57 Å². The van der Waals surface area contributed by atoms with E-state index < -0.39 is 159 Å². The van der Waals surface area contributed by atoms with Crippen molar-refractivity contribution < 1.29 is 109 Å². The Hall–Kier alpha value is -2.04. The molecule has 22 heteroatoms. The molecule has 0 aromatic carbocycles. The Morgan fingerprint density at radius 3 is 1.82 bits per heavy atom. The van der Waals surface area contributed by atoms with Crippen LogP contribution in [0, 0.1) is 50.2 Å². The van der Waals surface area contributed by atoms with Crippen molar-refractivity contribution in [2.24, 2.45) is 50.2 Å². The van der Waals surface area contributed by atoms with Crippen LogP contribution >= 0.6 is 0 Å². The first-order valence-electron chi connectivity index (χ1n) is 26.6. The lowest BCUT2D eigenvalue weighted by Crippen LogP contribution is -2.68. The van der Waals surface area contributed by atoms with Crippen molar-refractivity contribution in [3.05, 3.63) is 11.6 Å². The molecular formula is C52H82O22. The second-order valence-electron chi connectivity index (χ2n) is 25.4. The number of ether oxygens (including phenoxy) is 8. The number of aliphatic carboxylic acids is 1. The number of aliphatic hydroxyl groups is 11. The topological polar surface area (TPSA) is 351 Å². The lowest BCUT2D eigenvalue weighted by molar-refractivity contribution is -0.382. The van der Waals surface area contributed by atoms with Gasteiger partial charge in [-0.25, -0.2) is 4.79 Å². The predicted octanol–water partition coefficient (Wildman–Crippen LogP) is -0.665. The molecule has 4 heterocycles. The van der Waals surface area contributed by atoms with Crippen LogP contribution in [0.25, 0.3) is 0 Å². The summed E-state index contributed by atoms with van der Waals surface area (Å²) in [5, 5.41) is 127. The molecular weight excluding hydrogens is 977 g/mol. The van der Waals surface area contributed by atoms with E-state index in [4.69, 9.17) is 37.9 Å². The van der Waals surface area contributed by atoms with Gasteiger partial charge in [-0.05, 0) is 109 Å². The Bertz CT molecular complexity index is 2090. The number of carbonyl (C=O) groups is 2. The summed E-state index contributed by atoms with van der Waals surface area (Å²) in [7, 11) is 0. The summed E-state index contributed by atoms with van der Waals surface area (Å²) in [6, 6.07) is 0. The van der Waals surface area contributed by atoms with E-state index in [2.05, 4.69) is 54.5 Å². The first-order valence-corrected chi connectivity index (χ1v) is 26.6. The number of hydrogen-bond acceptors (Lipinski definition) is 21. The zero-order valence-electron chi connectivity index (χ0n) is 43.4. The molecule has 0 amide bonds. The lowest BCUT2D eigenvalue weighted by Gasteiger charge is -2.71.